The molecule has 0 spiro atoms. The molecule has 3 N–H and O–H groups in total. The maximum atomic E-state index is 10.5. The highest BCUT2D eigenvalue weighted by Crippen LogP contribution is 1.97. The Hall–Kier alpha value is -0.570. The molecule has 3 heteroatoms. The SMILES string of the molecule is [2H]C([2H])(CC([2H])([2H])C([2H])([2H])C([2H])([2H])N)C(=O)O. The molecule has 0 aromatic rings. The van der Waals surface area contributed by atoms with Crippen LogP contribution in [-0.4, -0.2) is 17.6 Å². The topological polar surface area (TPSA) is 63.3 Å². The first-order valence-electron chi connectivity index (χ1n) is 6.17. The molecule has 3 nitrogen and oxygen atoms in total. The van der Waals surface area contributed by atoms with Crippen LogP contribution in [0.25, 0.3) is 0 Å². The van der Waals surface area contributed by atoms with Crippen molar-refractivity contribution in [1.82, 2.24) is 0 Å². The Balaban J connectivity index is 5.24. The summed E-state index contributed by atoms with van der Waals surface area (Å²) < 4.78 is 57.0. The maximum absolute atomic E-state index is 10.5. The highest BCUT2D eigenvalue weighted by Gasteiger charge is 1.94. The molecule has 0 aliphatic heterocycles. The lowest BCUT2D eigenvalue weighted by molar-refractivity contribution is -0.137. The summed E-state index contributed by atoms with van der Waals surface area (Å²) in [5.41, 5.74) is 4.84. The third-order valence-electron chi connectivity index (χ3n) is 0.489. The third kappa shape index (κ3) is 7.43. The second kappa shape index (κ2) is 5.56. The number of nitrogens with two attached hydrogens (primary N) is 1. The van der Waals surface area contributed by atoms with Gasteiger partial charge in [0.25, 0.3) is 0 Å². The van der Waals surface area contributed by atoms with Gasteiger partial charge in [-0.15, -0.1) is 0 Å². The fourth-order valence-electron chi connectivity index (χ4n) is 0.215. The number of hydrogen-bond donors (Lipinski definition) is 2. The third-order valence-corrected chi connectivity index (χ3v) is 0.489. The largest absolute Gasteiger partial charge is 0.481 e. The van der Waals surface area contributed by atoms with Gasteiger partial charge >= 0.3 is 5.97 Å². The van der Waals surface area contributed by atoms with E-state index in [9.17, 15) is 4.79 Å². The zero-order valence-corrected chi connectivity index (χ0v) is 4.64. The molecule has 0 fully saturated rings. The molecule has 0 unspecified atom stereocenters. The van der Waals surface area contributed by atoms with E-state index in [0.29, 0.717) is 0 Å². The molecule has 0 amide bonds. The molecule has 0 rings (SSSR count). The van der Waals surface area contributed by atoms with Crippen LogP contribution in [-0.2, 0) is 4.79 Å². The van der Waals surface area contributed by atoms with Gasteiger partial charge in [-0.3, -0.25) is 4.79 Å². The van der Waals surface area contributed by atoms with Crippen LogP contribution in [0.15, 0.2) is 0 Å². The van der Waals surface area contributed by atoms with Crippen molar-refractivity contribution in [2.75, 3.05) is 6.50 Å². The quantitative estimate of drug-likeness (QED) is 0.586. The Bertz CT molecular complexity index is 310. The maximum Gasteiger partial charge on any atom is 0.303 e. The second-order valence-corrected chi connectivity index (χ2v) is 1.10. The molecule has 0 aromatic carbocycles. The van der Waals surface area contributed by atoms with E-state index >= 15 is 0 Å². The molecular weight excluding hydrogens is 118 g/mol. The van der Waals surface area contributed by atoms with Crippen molar-refractivity contribution in [1.29, 1.82) is 0 Å². The van der Waals surface area contributed by atoms with E-state index in [-0.39, 0.29) is 0 Å². The summed E-state index contributed by atoms with van der Waals surface area (Å²) >= 11 is 0. The van der Waals surface area contributed by atoms with Crippen molar-refractivity contribution in [3.8, 4) is 0 Å². The summed E-state index contributed by atoms with van der Waals surface area (Å²) in [7, 11) is 0. The average Bonchev–Trinajstić information content (AvgIpc) is 1.98. The number of carbonyl (C=O) groups is 1. The van der Waals surface area contributed by atoms with Gasteiger partial charge < -0.3 is 10.8 Å². The highest BCUT2D eigenvalue weighted by atomic mass is 16.4. The predicted octanol–water partition coefficient (Wildman–Crippen LogP) is 0.590. The van der Waals surface area contributed by atoms with Gasteiger partial charge in [0.2, 0.25) is 0 Å². The molecular formula is C6H13NO2. The smallest absolute Gasteiger partial charge is 0.303 e. The van der Waals surface area contributed by atoms with Gasteiger partial charge in [0.1, 0.15) is 0 Å². The summed E-state index contributed by atoms with van der Waals surface area (Å²) in [4.78, 5) is 10.5. The van der Waals surface area contributed by atoms with Crippen LogP contribution in [0.4, 0.5) is 0 Å². The van der Waals surface area contributed by atoms with Crippen LogP contribution < -0.4 is 5.73 Å². The molecule has 54 valence electrons. The Morgan fingerprint density at radius 2 is 2.33 bits per heavy atom. The van der Waals surface area contributed by atoms with Crippen LogP contribution in [0.2, 0.25) is 0 Å². The number of carboxylic acids is 1. The van der Waals surface area contributed by atoms with Crippen LogP contribution >= 0.6 is 0 Å². The number of rotatable bonds is 5. The molecule has 0 heterocycles. The summed E-state index contributed by atoms with van der Waals surface area (Å²) in [6.07, 6.45) is -10.7. The Labute approximate surface area is 66.1 Å². The molecule has 9 heavy (non-hydrogen) atoms. The average molecular weight is 139 g/mol. The van der Waals surface area contributed by atoms with Gasteiger partial charge in [0.15, 0.2) is 0 Å². The van der Waals surface area contributed by atoms with Crippen molar-refractivity contribution in [2.45, 2.75) is 25.5 Å². The minimum Gasteiger partial charge on any atom is -0.481 e. The molecule has 0 bridgehead atoms. The summed E-state index contributed by atoms with van der Waals surface area (Å²) in [5.74, 6) is -1.95. The van der Waals surface area contributed by atoms with Crippen LogP contribution in [0.1, 0.15) is 36.5 Å². The first-order valence-corrected chi connectivity index (χ1v) is 2.17. The van der Waals surface area contributed by atoms with Gasteiger partial charge in [0.05, 0.1) is 0 Å². The molecule has 0 aromatic heterocycles. The zero-order valence-electron chi connectivity index (χ0n) is 12.6. The highest BCUT2D eigenvalue weighted by molar-refractivity contribution is 5.66. The van der Waals surface area contributed by atoms with Crippen LogP contribution in [0.5, 0.6) is 0 Å². The lowest BCUT2D eigenvalue weighted by atomic mass is 10.2. The van der Waals surface area contributed by atoms with Crippen molar-refractivity contribution >= 4 is 5.97 Å². The van der Waals surface area contributed by atoms with Crippen molar-refractivity contribution in [3.63, 3.8) is 0 Å². The van der Waals surface area contributed by atoms with Gasteiger partial charge in [-0.2, -0.15) is 0 Å². The minimum absolute atomic E-state index is 1.35. The van der Waals surface area contributed by atoms with E-state index in [1.807, 2.05) is 0 Å². The lowest BCUT2D eigenvalue weighted by Gasteiger charge is -1.93. The van der Waals surface area contributed by atoms with E-state index in [1.165, 1.54) is 0 Å². The van der Waals surface area contributed by atoms with Crippen molar-refractivity contribution < 1.29 is 20.9 Å². The monoisotopic (exact) mass is 139 g/mol. The first-order chi connectivity index (χ1) is 7.15. The van der Waals surface area contributed by atoms with Gasteiger partial charge in [-0.05, 0) is 19.3 Å². The zero-order chi connectivity index (χ0) is 14.3. The van der Waals surface area contributed by atoms with Crippen LogP contribution in [0, 0.1) is 0 Å². The Kier molecular flexibility index (Phi) is 1.21. The van der Waals surface area contributed by atoms with Gasteiger partial charge in [0, 0.05) is 17.3 Å². The standard InChI is InChI=1S/C6H13NO2/c7-5-3-1-2-4-6(8)9/h1-5,7H2,(H,8,9)/i1D2,3D2,4D2,5D2. The minimum atomic E-state index is -3.23. The summed E-state index contributed by atoms with van der Waals surface area (Å²) in [6, 6.07) is 0. The first kappa shape index (κ1) is 1.95. The number of hydrogen-bond acceptors (Lipinski definition) is 2. The molecule has 0 saturated heterocycles. The molecule has 0 atom stereocenters. The Morgan fingerprint density at radius 1 is 1.67 bits per heavy atom. The molecule has 0 aliphatic carbocycles. The van der Waals surface area contributed by atoms with Crippen molar-refractivity contribution in [2.24, 2.45) is 5.73 Å². The number of carboxylic acid groups (broad SMARTS) is 1. The molecule has 0 radical (unpaired) electrons. The molecule has 0 saturated carbocycles. The fraction of sp³-hybridized carbons (Fsp3) is 0.833. The second-order valence-electron chi connectivity index (χ2n) is 1.10. The Morgan fingerprint density at radius 3 is 2.78 bits per heavy atom. The van der Waals surface area contributed by atoms with Crippen molar-refractivity contribution in [3.05, 3.63) is 0 Å². The van der Waals surface area contributed by atoms with E-state index in [0.717, 1.165) is 0 Å². The van der Waals surface area contributed by atoms with Gasteiger partial charge in [-0.1, -0.05) is 6.37 Å². The van der Waals surface area contributed by atoms with E-state index in [4.69, 9.17) is 21.8 Å². The number of aliphatic carboxylic acids is 1. The van der Waals surface area contributed by atoms with Gasteiger partial charge in [-0.25, -0.2) is 0 Å². The van der Waals surface area contributed by atoms with Crippen LogP contribution in [0.3, 0.4) is 0 Å². The fourth-order valence-corrected chi connectivity index (χ4v) is 0.215. The predicted molar refractivity (Wildman–Crippen MR) is 35.2 cm³/mol. The van der Waals surface area contributed by atoms with E-state index < -0.39 is 38.0 Å². The lowest BCUT2D eigenvalue weighted by Crippen LogP contribution is -1.99. The summed E-state index contributed by atoms with van der Waals surface area (Å²) in [5, 5.41) is 8.48. The summed E-state index contributed by atoms with van der Waals surface area (Å²) in [6.45, 7) is -3.06. The van der Waals surface area contributed by atoms with E-state index in [1.54, 1.807) is 0 Å². The normalized spacial score (nSPS) is 29.0. The molecule has 0 aliphatic rings. The van der Waals surface area contributed by atoms with E-state index in [2.05, 4.69) is 0 Å².